The van der Waals surface area contributed by atoms with Gasteiger partial charge in [-0.15, -0.1) is 0 Å². The fourth-order valence-corrected chi connectivity index (χ4v) is 2.84. The Labute approximate surface area is 174 Å². The largest absolute Gasteiger partial charge is 0.416 e. The van der Waals surface area contributed by atoms with E-state index < -0.39 is 17.6 Å². The van der Waals surface area contributed by atoms with E-state index in [9.17, 15) is 22.8 Å². The summed E-state index contributed by atoms with van der Waals surface area (Å²) in [4.78, 5) is 30.7. The van der Waals surface area contributed by atoms with Gasteiger partial charge in [0, 0.05) is 34.1 Å². The molecule has 3 rings (SSSR count). The number of aryl methyl sites for hydroxylation is 1. The lowest BCUT2D eigenvalue weighted by molar-refractivity contribution is -0.137. The fourth-order valence-electron chi connectivity index (χ4n) is 2.66. The molecule has 0 radical (unpaired) electrons. The van der Waals surface area contributed by atoms with Crippen LogP contribution in [0.3, 0.4) is 0 Å². The molecule has 154 valence electrons. The van der Waals surface area contributed by atoms with Gasteiger partial charge in [0.1, 0.15) is 5.82 Å². The number of nitrogens with one attached hydrogen (secondary N) is 2. The first-order valence-electron chi connectivity index (χ1n) is 8.66. The zero-order chi connectivity index (χ0) is 21.9. The lowest BCUT2D eigenvalue weighted by Crippen LogP contribution is -2.10. The molecule has 0 unspecified atom stereocenters. The Hall–Kier alpha value is -3.39. The zero-order valence-corrected chi connectivity index (χ0v) is 16.3. The number of carbonyl (C=O) groups is 1. The van der Waals surface area contributed by atoms with Gasteiger partial charge < -0.3 is 10.3 Å². The number of nitrogens with zero attached hydrogens (tertiary/aromatic N) is 1. The topological polar surface area (TPSA) is 74.8 Å². The van der Waals surface area contributed by atoms with Crippen LogP contribution in [0.5, 0.6) is 0 Å². The number of alkyl halides is 3. The molecule has 0 aliphatic rings. The number of amides is 1. The first-order chi connectivity index (χ1) is 14.1. The second-order valence-corrected chi connectivity index (χ2v) is 6.78. The second-order valence-electron chi connectivity index (χ2n) is 6.37. The van der Waals surface area contributed by atoms with Crippen LogP contribution in [0.2, 0.25) is 5.02 Å². The molecule has 2 N–H and O–H groups in total. The first kappa shape index (κ1) is 21.3. The van der Waals surface area contributed by atoms with Crippen molar-refractivity contribution < 1.29 is 18.0 Å². The van der Waals surface area contributed by atoms with Crippen LogP contribution in [0.15, 0.2) is 59.4 Å². The summed E-state index contributed by atoms with van der Waals surface area (Å²) < 4.78 is 38.5. The van der Waals surface area contributed by atoms with Gasteiger partial charge in [-0.2, -0.15) is 13.2 Å². The fraction of sp³-hybridized carbons (Fsp3) is 0.0952. The highest BCUT2D eigenvalue weighted by molar-refractivity contribution is 6.32. The van der Waals surface area contributed by atoms with Gasteiger partial charge in [0.2, 0.25) is 5.91 Å². The van der Waals surface area contributed by atoms with E-state index in [0.717, 1.165) is 24.3 Å². The summed E-state index contributed by atoms with van der Waals surface area (Å²) in [6, 6.07) is 10.8. The number of carbonyl (C=O) groups excluding carboxylic acids is 1. The third kappa shape index (κ3) is 5.36. The van der Waals surface area contributed by atoms with E-state index in [4.69, 9.17) is 11.6 Å². The molecule has 3 aromatic rings. The lowest BCUT2D eigenvalue weighted by Gasteiger charge is -2.08. The molecule has 0 aliphatic heterocycles. The maximum Gasteiger partial charge on any atom is 0.416 e. The number of aromatic nitrogens is 2. The molecule has 0 fully saturated rings. The molecular formula is C21H15ClF3N3O2. The standard InChI is InChI=1S/C21H15ClF3N3O2/c1-12-9-19(30)28-20(26-12)14-3-2-4-16(11-14)27-18(29)8-5-13-10-15(21(23,24)25)6-7-17(13)22/h2-11H,1H3,(H,27,29)(H,26,28,30). The van der Waals surface area contributed by atoms with E-state index in [-0.39, 0.29) is 16.1 Å². The van der Waals surface area contributed by atoms with Crippen molar-refractivity contribution in [2.45, 2.75) is 13.1 Å². The average Bonchev–Trinajstić information content (AvgIpc) is 2.66. The van der Waals surface area contributed by atoms with Gasteiger partial charge in [0.25, 0.3) is 5.56 Å². The Morgan fingerprint density at radius 2 is 1.93 bits per heavy atom. The lowest BCUT2D eigenvalue weighted by atomic mass is 10.1. The summed E-state index contributed by atoms with van der Waals surface area (Å²) in [5.41, 5.74) is 0.452. The third-order valence-electron chi connectivity index (χ3n) is 4.01. The van der Waals surface area contributed by atoms with Crippen LogP contribution in [0.1, 0.15) is 16.8 Å². The van der Waals surface area contributed by atoms with Crippen LogP contribution in [-0.2, 0) is 11.0 Å². The number of anilines is 1. The summed E-state index contributed by atoms with van der Waals surface area (Å²) in [6.45, 7) is 1.69. The monoisotopic (exact) mass is 433 g/mol. The maximum atomic E-state index is 12.8. The Morgan fingerprint density at radius 3 is 2.63 bits per heavy atom. The van der Waals surface area contributed by atoms with Gasteiger partial charge in [-0.3, -0.25) is 9.59 Å². The second kappa shape index (κ2) is 8.54. The predicted molar refractivity (Wildman–Crippen MR) is 109 cm³/mol. The summed E-state index contributed by atoms with van der Waals surface area (Å²) >= 11 is 5.92. The quantitative estimate of drug-likeness (QED) is 0.564. The van der Waals surface area contributed by atoms with Crippen LogP contribution in [0.4, 0.5) is 18.9 Å². The van der Waals surface area contributed by atoms with Crippen molar-refractivity contribution in [3.63, 3.8) is 0 Å². The molecular weight excluding hydrogens is 419 g/mol. The third-order valence-corrected chi connectivity index (χ3v) is 4.36. The molecule has 0 bridgehead atoms. The molecule has 1 aromatic heterocycles. The number of aromatic amines is 1. The van der Waals surface area contributed by atoms with Gasteiger partial charge in [-0.1, -0.05) is 23.7 Å². The minimum absolute atomic E-state index is 0.0666. The highest BCUT2D eigenvalue weighted by Crippen LogP contribution is 2.32. The van der Waals surface area contributed by atoms with E-state index in [1.807, 2.05) is 0 Å². The van der Waals surface area contributed by atoms with Crippen molar-refractivity contribution in [3.05, 3.63) is 86.8 Å². The zero-order valence-electron chi connectivity index (χ0n) is 15.5. The van der Waals surface area contributed by atoms with E-state index in [1.165, 1.54) is 12.1 Å². The van der Waals surface area contributed by atoms with Crippen molar-refractivity contribution >= 4 is 29.3 Å². The maximum absolute atomic E-state index is 12.8. The molecule has 1 heterocycles. The molecule has 30 heavy (non-hydrogen) atoms. The number of hydrogen-bond acceptors (Lipinski definition) is 3. The number of rotatable bonds is 4. The molecule has 0 spiro atoms. The van der Waals surface area contributed by atoms with Crippen LogP contribution in [0.25, 0.3) is 17.5 Å². The molecule has 1 amide bonds. The Morgan fingerprint density at radius 1 is 1.17 bits per heavy atom. The van der Waals surface area contributed by atoms with Crippen molar-refractivity contribution in [2.75, 3.05) is 5.32 Å². The minimum atomic E-state index is -4.51. The highest BCUT2D eigenvalue weighted by Gasteiger charge is 2.30. The van der Waals surface area contributed by atoms with Gasteiger partial charge >= 0.3 is 6.18 Å². The van der Waals surface area contributed by atoms with E-state index in [2.05, 4.69) is 15.3 Å². The van der Waals surface area contributed by atoms with Crippen LogP contribution in [-0.4, -0.2) is 15.9 Å². The summed E-state index contributed by atoms with van der Waals surface area (Å²) in [5, 5.41) is 2.69. The van der Waals surface area contributed by atoms with Gasteiger partial charge in [0.15, 0.2) is 0 Å². The summed E-state index contributed by atoms with van der Waals surface area (Å²) in [5.74, 6) is -0.214. The van der Waals surface area contributed by atoms with Gasteiger partial charge in [-0.25, -0.2) is 4.98 Å². The minimum Gasteiger partial charge on any atom is -0.322 e. The number of benzene rings is 2. The van der Waals surface area contributed by atoms with Crippen LogP contribution < -0.4 is 10.9 Å². The average molecular weight is 434 g/mol. The Balaban J connectivity index is 1.78. The van der Waals surface area contributed by atoms with E-state index >= 15 is 0 Å². The van der Waals surface area contributed by atoms with Crippen molar-refractivity contribution in [3.8, 4) is 11.4 Å². The first-order valence-corrected chi connectivity index (χ1v) is 9.04. The molecule has 5 nitrogen and oxygen atoms in total. The molecule has 0 saturated heterocycles. The Bertz CT molecular complexity index is 1190. The number of H-pyrrole nitrogens is 1. The smallest absolute Gasteiger partial charge is 0.322 e. The molecule has 9 heteroatoms. The molecule has 0 atom stereocenters. The molecule has 0 aliphatic carbocycles. The predicted octanol–water partition coefficient (Wildman–Crippen LogP) is 5.07. The summed E-state index contributed by atoms with van der Waals surface area (Å²) in [7, 11) is 0. The van der Waals surface area contributed by atoms with Crippen LogP contribution in [0, 0.1) is 6.92 Å². The number of halogens is 4. The number of hydrogen-bond donors (Lipinski definition) is 2. The van der Waals surface area contributed by atoms with Gasteiger partial charge in [-0.05, 0) is 48.9 Å². The van der Waals surface area contributed by atoms with E-state index in [1.54, 1.807) is 31.2 Å². The highest BCUT2D eigenvalue weighted by atomic mass is 35.5. The summed E-state index contributed by atoms with van der Waals surface area (Å²) in [6.07, 6.45) is -2.22. The molecule has 2 aromatic carbocycles. The van der Waals surface area contributed by atoms with Crippen molar-refractivity contribution in [2.24, 2.45) is 0 Å². The van der Waals surface area contributed by atoms with Gasteiger partial charge in [0.05, 0.1) is 5.56 Å². The van der Waals surface area contributed by atoms with Crippen molar-refractivity contribution in [1.29, 1.82) is 0 Å². The van der Waals surface area contributed by atoms with Crippen molar-refractivity contribution in [1.82, 2.24) is 9.97 Å². The normalized spacial score (nSPS) is 11.6. The SMILES string of the molecule is Cc1cc(=O)[nH]c(-c2cccc(NC(=O)C=Cc3cc(C(F)(F)F)ccc3Cl)c2)n1. The molecule has 0 saturated carbocycles. The van der Waals surface area contributed by atoms with Crippen LogP contribution >= 0.6 is 11.6 Å². The van der Waals surface area contributed by atoms with E-state index in [0.29, 0.717) is 22.8 Å². The Kier molecular flexibility index (Phi) is 6.07.